The van der Waals surface area contributed by atoms with E-state index in [-0.39, 0.29) is 5.92 Å². The van der Waals surface area contributed by atoms with Gasteiger partial charge in [-0.1, -0.05) is 122 Å². The van der Waals surface area contributed by atoms with E-state index in [1.54, 1.807) is 18.2 Å². The first kappa shape index (κ1) is 21.1. The molecule has 2 nitrogen and oxygen atoms in total. The van der Waals surface area contributed by atoms with Crippen LogP contribution in [0.2, 0.25) is 0 Å². The van der Waals surface area contributed by atoms with Gasteiger partial charge in [-0.3, -0.25) is 0 Å². The third-order valence-corrected chi connectivity index (χ3v) is 5.31. The molecule has 0 saturated carbocycles. The Bertz CT molecular complexity index is 1160. The van der Waals surface area contributed by atoms with Gasteiger partial charge in [-0.2, -0.15) is 0 Å². The van der Waals surface area contributed by atoms with Crippen molar-refractivity contribution in [1.82, 2.24) is 0 Å². The average Bonchev–Trinajstić information content (AvgIpc) is 2.86. The topological polar surface area (TPSA) is 26.3 Å². The van der Waals surface area contributed by atoms with Gasteiger partial charge in [-0.15, -0.1) is 0 Å². The first-order chi connectivity index (χ1) is 15.8. The molecule has 156 valence electrons. The quantitative estimate of drug-likeness (QED) is 0.139. The van der Waals surface area contributed by atoms with Crippen LogP contribution >= 0.6 is 0 Å². The van der Waals surface area contributed by atoms with E-state index >= 15 is 0 Å². The number of hydrogen-bond acceptors (Lipinski definition) is 2. The highest BCUT2D eigenvalue weighted by Crippen LogP contribution is 2.37. The van der Waals surface area contributed by atoms with E-state index < -0.39 is 5.97 Å². The second-order valence-electron chi connectivity index (χ2n) is 7.35. The van der Waals surface area contributed by atoms with Crippen molar-refractivity contribution in [2.75, 3.05) is 0 Å². The van der Waals surface area contributed by atoms with Crippen LogP contribution in [-0.4, -0.2) is 5.97 Å². The van der Waals surface area contributed by atoms with E-state index in [4.69, 9.17) is 4.74 Å². The minimum atomic E-state index is -0.396. The highest BCUT2D eigenvalue weighted by Gasteiger charge is 2.29. The summed E-state index contributed by atoms with van der Waals surface area (Å²) < 4.78 is 5.86. The molecule has 0 atom stereocenters. The molecule has 0 bridgehead atoms. The van der Waals surface area contributed by atoms with Gasteiger partial charge in [-0.05, 0) is 34.4 Å². The summed E-state index contributed by atoms with van der Waals surface area (Å²) in [5.41, 5.74) is 4.24. The fraction of sp³-hybridized carbons (Fsp3) is 0.0333. The normalized spacial score (nSPS) is 11.5. The predicted molar refractivity (Wildman–Crippen MR) is 130 cm³/mol. The summed E-state index contributed by atoms with van der Waals surface area (Å²) >= 11 is 0. The Morgan fingerprint density at radius 2 is 1.09 bits per heavy atom. The monoisotopic (exact) mass is 416 g/mol. The molecule has 0 aliphatic heterocycles. The van der Waals surface area contributed by atoms with Gasteiger partial charge in [0.05, 0.1) is 5.57 Å². The molecule has 0 aliphatic rings. The van der Waals surface area contributed by atoms with Crippen LogP contribution < -0.4 is 4.74 Å². The summed E-state index contributed by atoms with van der Waals surface area (Å²) in [7, 11) is 0. The molecule has 0 heterocycles. The Labute approximate surface area is 189 Å². The van der Waals surface area contributed by atoms with Crippen LogP contribution in [0.5, 0.6) is 5.75 Å². The number of esters is 1. The van der Waals surface area contributed by atoms with Crippen molar-refractivity contribution in [3.05, 3.63) is 156 Å². The van der Waals surface area contributed by atoms with Gasteiger partial charge in [0.2, 0.25) is 0 Å². The highest BCUT2D eigenvalue weighted by atomic mass is 16.5. The Morgan fingerprint density at radius 3 is 1.56 bits per heavy atom. The van der Waals surface area contributed by atoms with Gasteiger partial charge < -0.3 is 4.74 Å². The summed E-state index contributed by atoms with van der Waals surface area (Å²) in [6.45, 7) is 4.05. The molecular weight excluding hydrogens is 392 g/mol. The first-order valence-corrected chi connectivity index (χ1v) is 10.6. The molecule has 4 rings (SSSR count). The zero-order valence-electron chi connectivity index (χ0n) is 17.7. The fourth-order valence-corrected chi connectivity index (χ4v) is 3.85. The third-order valence-electron chi connectivity index (χ3n) is 5.31. The first-order valence-electron chi connectivity index (χ1n) is 10.6. The van der Waals surface area contributed by atoms with Crippen LogP contribution in [-0.2, 0) is 4.79 Å². The lowest BCUT2D eigenvalue weighted by Gasteiger charge is -2.23. The Hall–Kier alpha value is -4.17. The molecule has 0 aliphatic carbocycles. The van der Waals surface area contributed by atoms with Crippen molar-refractivity contribution >= 4 is 11.5 Å². The molecule has 0 unspecified atom stereocenters. The summed E-state index contributed by atoms with van der Waals surface area (Å²) in [5, 5.41) is 0. The molecule has 0 spiro atoms. The highest BCUT2D eigenvalue weighted by molar-refractivity contribution is 6.03. The molecule has 0 fully saturated rings. The molecule has 4 aromatic carbocycles. The van der Waals surface area contributed by atoms with Gasteiger partial charge in [0.25, 0.3) is 0 Å². The number of hydrogen-bond donors (Lipinski definition) is 0. The van der Waals surface area contributed by atoms with Crippen LogP contribution in [0.3, 0.4) is 0 Å². The second-order valence-corrected chi connectivity index (χ2v) is 7.35. The SMILES string of the molecule is C=CC(=C(C(=O)Oc1ccccc1)C(c1ccccc1)c1ccccc1)c1ccccc1. The molecule has 0 saturated heterocycles. The van der Waals surface area contributed by atoms with Crippen LogP contribution in [0.4, 0.5) is 0 Å². The maximum atomic E-state index is 13.7. The van der Waals surface area contributed by atoms with E-state index in [0.29, 0.717) is 11.3 Å². The van der Waals surface area contributed by atoms with Crippen LogP contribution in [0.1, 0.15) is 22.6 Å². The van der Waals surface area contributed by atoms with E-state index in [1.807, 2.05) is 109 Å². The van der Waals surface area contributed by atoms with E-state index in [2.05, 4.69) is 6.58 Å². The second kappa shape index (κ2) is 10.2. The van der Waals surface area contributed by atoms with Gasteiger partial charge in [0, 0.05) is 5.92 Å². The molecule has 32 heavy (non-hydrogen) atoms. The molecule has 0 amide bonds. The van der Waals surface area contributed by atoms with Gasteiger partial charge >= 0.3 is 5.97 Å². The number of para-hydroxylation sites is 1. The van der Waals surface area contributed by atoms with Crippen molar-refractivity contribution in [2.24, 2.45) is 0 Å². The largest absolute Gasteiger partial charge is 0.423 e. The molecule has 2 heteroatoms. The van der Waals surface area contributed by atoms with Crippen molar-refractivity contribution in [3.8, 4) is 5.75 Å². The number of rotatable bonds is 7. The predicted octanol–water partition coefficient (Wildman–Crippen LogP) is 7.06. The summed E-state index contributed by atoms with van der Waals surface area (Å²) in [5.74, 6) is -0.208. The van der Waals surface area contributed by atoms with Gasteiger partial charge in [0.1, 0.15) is 5.75 Å². The molecule has 0 aromatic heterocycles. The standard InChI is InChI=1S/C30H24O2/c1-2-27(23-15-7-3-8-16-23)29(30(31)32-26-21-13-6-14-22-26)28(24-17-9-4-10-18-24)25-19-11-5-12-20-25/h2-22,28H,1H2. The summed E-state index contributed by atoms with van der Waals surface area (Å²) in [6, 6.07) is 39.1. The number of carbonyl (C=O) groups is 1. The Balaban J connectivity index is 1.95. The van der Waals surface area contributed by atoms with E-state index in [9.17, 15) is 4.79 Å². The number of allylic oxidation sites excluding steroid dienone is 2. The van der Waals surface area contributed by atoms with Crippen molar-refractivity contribution in [3.63, 3.8) is 0 Å². The Kier molecular flexibility index (Phi) is 6.74. The Morgan fingerprint density at radius 1 is 0.656 bits per heavy atom. The summed E-state index contributed by atoms with van der Waals surface area (Å²) in [4.78, 5) is 13.7. The minimum Gasteiger partial charge on any atom is -0.423 e. The average molecular weight is 417 g/mol. The molecule has 0 N–H and O–H groups in total. The van der Waals surface area contributed by atoms with Crippen molar-refractivity contribution < 1.29 is 9.53 Å². The third kappa shape index (κ3) is 4.76. The zero-order valence-corrected chi connectivity index (χ0v) is 17.7. The van der Waals surface area contributed by atoms with Crippen LogP contribution in [0.15, 0.2) is 140 Å². The fourth-order valence-electron chi connectivity index (χ4n) is 3.85. The number of benzene rings is 4. The van der Waals surface area contributed by atoms with Crippen LogP contribution in [0.25, 0.3) is 5.57 Å². The maximum absolute atomic E-state index is 13.7. The smallest absolute Gasteiger partial charge is 0.341 e. The lowest BCUT2D eigenvalue weighted by Crippen LogP contribution is -2.20. The number of carbonyl (C=O) groups excluding carboxylic acids is 1. The lowest BCUT2D eigenvalue weighted by atomic mass is 9.81. The van der Waals surface area contributed by atoms with E-state index in [1.165, 1.54) is 0 Å². The summed E-state index contributed by atoms with van der Waals surface area (Å²) in [6.07, 6.45) is 1.75. The van der Waals surface area contributed by atoms with E-state index in [0.717, 1.165) is 22.3 Å². The zero-order chi connectivity index (χ0) is 22.2. The van der Waals surface area contributed by atoms with Crippen molar-refractivity contribution in [1.29, 1.82) is 0 Å². The molecule has 4 aromatic rings. The molecule has 0 radical (unpaired) electrons. The maximum Gasteiger partial charge on any atom is 0.341 e. The lowest BCUT2D eigenvalue weighted by molar-refractivity contribution is -0.130. The minimum absolute atomic E-state index is 0.318. The van der Waals surface area contributed by atoms with Crippen molar-refractivity contribution in [2.45, 2.75) is 5.92 Å². The molecular formula is C30H24O2. The number of ether oxygens (including phenoxy) is 1. The van der Waals surface area contributed by atoms with Gasteiger partial charge in [0.15, 0.2) is 0 Å². The van der Waals surface area contributed by atoms with Crippen LogP contribution in [0, 0.1) is 0 Å². The van der Waals surface area contributed by atoms with Gasteiger partial charge in [-0.25, -0.2) is 4.79 Å².